The summed E-state index contributed by atoms with van der Waals surface area (Å²) in [6.07, 6.45) is 5.03. The van der Waals surface area contributed by atoms with Crippen LogP contribution in [0.25, 0.3) is 0 Å². The molecule has 5 nitrogen and oxygen atoms in total. The van der Waals surface area contributed by atoms with E-state index >= 15 is 0 Å². The van der Waals surface area contributed by atoms with Crippen LogP contribution >= 0.6 is 0 Å². The highest BCUT2D eigenvalue weighted by molar-refractivity contribution is 7.91. The van der Waals surface area contributed by atoms with E-state index in [1.54, 1.807) is 13.1 Å². The van der Waals surface area contributed by atoms with Crippen LogP contribution in [0.15, 0.2) is 12.4 Å². The van der Waals surface area contributed by atoms with E-state index < -0.39 is 9.84 Å². The summed E-state index contributed by atoms with van der Waals surface area (Å²) in [5.74, 6) is 1.08. The average Bonchev–Trinajstić information content (AvgIpc) is 2.73. The van der Waals surface area contributed by atoms with Crippen molar-refractivity contribution in [1.82, 2.24) is 9.78 Å². The van der Waals surface area contributed by atoms with Crippen molar-refractivity contribution in [2.24, 2.45) is 0 Å². The van der Waals surface area contributed by atoms with E-state index in [9.17, 15) is 8.42 Å². The summed E-state index contributed by atoms with van der Waals surface area (Å²) >= 11 is 0. The molecule has 0 N–H and O–H groups in total. The summed E-state index contributed by atoms with van der Waals surface area (Å²) in [4.78, 5) is 0. The minimum absolute atomic E-state index is 0.187. The molecule has 0 spiro atoms. The van der Waals surface area contributed by atoms with Gasteiger partial charge in [-0.25, -0.2) is 8.42 Å². The van der Waals surface area contributed by atoms with Gasteiger partial charge in [-0.15, -0.1) is 0 Å². The molecule has 0 amide bonds. The standard InChI is InChI=1S/C11H20N2O3S/c1-3-6-13-10-11(9-12-13)16-7-5-8-17(14,15)4-2/h9-10H,3-8H2,1-2H3. The third kappa shape index (κ3) is 5.21. The first-order chi connectivity index (χ1) is 8.07. The summed E-state index contributed by atoms with van der Waals surface area (Å²) in [6.45, 7) is 5.02. The van der Waals surface area contributed by atoms with Crippen molar-refractivity contribution in [3.8, 4) is 5.75 Å². The van der Waals surface area contributed by atoms with Gasteiger partial charge < -0.3 is 4.74 Å². The molecule has 1 aromatic rings. The highest BCUT2D eigenvalue weighted by Crippen LogP contribution is 2.09. The Kier molecular flexibility index (Phi) is 5.47. The Hall–Kier alpha value is -1.04. The minimum atomic E-state index is -2.88. The Bertz CT molecular complexity index is 426. The Labute approximate surface area is 103 Å². The molecule has 0 bridgehead atoms. The first-order valence-corrected chi connectivity index (χ1v) is 7.75. The topological polar surface area (TPSA) is 61.2 Å². The molecular weight excluding hydrogens is 240 g/mol. The lowest BCUT2D eigenvalue weighted by molar-refractivity contribution is 0.317. The monoisotopic (exact) mass is 260 g/mol. The predicted molar refractivity (Wildman–Crippen MR) is 67.0 cm³/mol. The third-order valence-electron chi connectivity index (χ3n) is 2.37. The van der Waals surface area contributed by atoms with Crippen LogP contribution in [0.3, 0.4) is 0 Å². The van der Waals surface area contributed by atoms with Gasteiger partial charge in [0.25, 0.3) is 0 Å². The summed E-state index contributed by atoms with van der Waals surface area (Å²) in [6, 6.07) is 0. The molecule has 6 heteroatoms. The number of sulfone groups is 1. The second-order valence-corrected chi connectivity index (χ2v) is 6.35. The lowest BCUT2D eigenvalue weighted by Crippen LogP contribution is -2.11. The lowest BCUT2D eigenvalue weighted by Gasteiger charge is -2.03. The van der Waals surface area contributed by atoms with E-state index in [0.717, 1.165) is 13.0 Å². The van der Waals surface area contributed by atoms with Gasteiger partial charge in [0.1, 0.15) is 9.84 Å². The van der Waals surface area contributed by atoms with Gasteiger partial charge >= 0.3 is 0 Å². The zero-order valence-electron chi connectivity index (χ0n) is 10.4. The Balaban J connectivity index is 2.26. The summed E-state index contributed by atoms with van der Waals surface area (Å²) in [5, 5.41) is 4.12. The molecule has 0 saturated carbocycles. The first-order valence-electron chi connectivity index (χ1n) is 5.93. The summed E-state index contributed by atoms with van der Waals surface area (Å²) in [7, 11) is -2.88. The fourth-order valence-electron chi connectivity index (χ4n) is 1.38. The Morgan fingerprint density at radius 1 is 1.41 bits per heavy atom. The van der Waals surface area contributed by atoms with Crippen LogP contribution in [-0.4, -0.2) is 36.3 Å². The first kappa shape index (κ1) is 14.0. The van der Waals surface area contributed by atoms with E-state index in [1.807, 2.05) is 10.9 Å². The van der Waals surface area contributed by atoms with Crippen LogP contribution in [-0.2, 0) is 16.4 Å². The molecule has 0 aliphatic carbocycles. The fraction of sp³-hybridized carbons (Fsp3) is 0.727. The number of rotatable bonds is 8. The van der Waals surface area contributed by atoms with Crippen molar-refractivity contribution in [2.45, 2.75) is 33.2 Å². The molecule has 0 unspecified atom stereocenters. The van der Waals surface area contributed by atoms with Crippen LogP contribution < -0.4 is 4.74 Å². The zero-order chi connectivity index (χ0) is 12.7. The number of ether oxygens (including phenoxy) is 1. The van der Waals surface area contributed by atoms with Crippen LogP contribution in [0, 0.1) is 0 Å². The molecule has 0 aromatic carbocycles. The van der Waals surface area contributed by atoms with E-state index in [0.29, 0.717) is 18.8 Å². The SMILES string of the molecule is CCCn1cc(OCCCS(=O)(=O)CC)cn1. The summed E-state index contributed by atoms with van der Waals surface area (Å²) < 4.78 is 29.7. The molecule has 1 rings (SSSR count). The molecule has 0 aliphatic rings. The van der Waals surface area contributed by atoms with Crippen LogP contribution in [0.1, 0.15) is 26.7 Å². The minimum Gasteiger partial charge on any atom is -0.490 e. The second-order valence-electron chi connectivity index (χ2n) is 3.88. The van der Waals surface area contributed by atoms with Gasteiger partial charge in [-0.3, -0.25) is 4.68 Å². The van der Waals surface area contributed by atoms with E-state index in [2.05, 4.69) is 12.0 Å². The van der Waals surface area contributed by atoms with Crippen LogP contribution in [0.4, 0.5) is 0 Å². The number of nitrogens with zero attached hydrogens (tertiary/aromatic N) is 2. The zero-order valence-corrected chi connectivity index (χ0v) is 11.2. The van der Waals surface area contributed by atoms with Crippen molar-refractivity contribution < 1.29 is 13.2 Å². The second kappa shape index (κ2) is 6.64. The molecule has 17 heavy (non-hydrogen) atoms. The molecule has 0 aliphatic heterocycles. The summed E-state index contributed by atoms with van der Waals surface area (Å²) in [5.41, 5.74) is 0. The third-order valence-corrected chi connectivity index (χ3v) is 4.16. The number of aromatic nitrogens is 2. The normalized spacial score (nSPS) is 11.6. The molecule has 0 fully saturated rings. The van der Waals surface area contributed by atoms with Crippen molar-refractivity contribution in [3.63, 3.8) is 0 Å². The van der Waals surface area contributed by atoms with Gasteiger partial charge in [0, 0.05) is 12.3 Å². The molecular formula is C11H20N2O3S. The Morgan fingerprint density at radius 2 is 2.18 bits per heavy atom. The van der Waals surface area contributed by atoms with Gasteiger partial charge in [-0.2, -0.15) is 5.10 Å². The van der Waals surface area contributed by atoms with Gasteiger partial charge in [0.2, 0.25) is 0 Å². The highest BCUT2D eigenvalue weighted by atomic mass is 32.2. The predicted octanol–water partition coefficient (Wildman–Crippen LogP) is 1.50. The Morgan fingerprint density at radius 3 is 2.82 bits per heavy atom. The van der Waals surface area contributed by atoms with Gasteiger partial charge in [0.15, 0.2) is 5.75 Å². The van der Waals surface area contributed by atoms with Crippen molar-refractivity contribution in [1.29, 1.82) is 0 Å². The van der Waals surface area contributed by atoms with Gasteiger partial charge in [-0.05, 0) is 12.8 Å². The molecule has 98 valence electrons. The molecule has 0 saturated heterocycles. The fourth-order valence-corrected chi connectivity index (χ4v) is 2.23. The van der Waals surface area contributed by atoms with Crippen LogP contribution in [0.2, 0.25) is 0 Å². The number of hydrogen-bond donors (Lipinski definition) is 0. The molecule has 1 heterocycles. The molecule has 0 atom stereocenters. The van der Waals surface area contributed by atoms with E-state index in [1.165, 1.54) is 0 Å². The molecule has 1 aromatic heterocycles. The number of aryl methyl sites for hydroxylation is 1. The van der Waals surface area contributed by atoms with E-state index in [4.69, 9.17) is 4.74 Å². The number of hydrogen-bond acceptors (Lipinski definition) is 4. The quantitative estimate of drug-likeness (QED) is 0.664. The van der Waals surface area contributed by atoms with Crippen molar-refractivity contribution in [3.05, 3.63) is 12.4 Å². The van der Waals surface area contributed by atoms with E-state index in [-0.39, 0.29) is 11.5 Å². The maximum Gasteiger partial charge on any atom is 0.157 e. The maximum absolute atomic E-state index is 11.2. The molecule has 0 radical (unpaired) electrons. The smallest absolute Gasteiger partial charge is 0.157 e. The maximum atomic E-state index is 11.2. The lowest BCUT2D eigenvalue weighted by atomic mass is 10.5. The van der Waals surface area contributed by atoms with Gasteiger partial charge in [0.05, 0.1) is 24.8 Å². The highest BCUT2D eigenvalue weighted by Gasteiger charge is 2.07. The van der Waals surface area contributed by atoms with Crippen LogP contribution in [0.5, 0.6) is 5.75 Å². The average molecular weight is 260 g/mol. The van der Waals surface area contributed by atoms with Crippen molar-refractivity contribution >= 4 is 9.84 Å². The largest absolute Gasteiger partial charge is 0.490 e. The van der Waals surface area contributed by atoms with Crippen molar-refractivity contribution in [2.75, 3.05) is 18.1 Å². The van der Waals surface area contributed by atoms with Gasteiger partial charge in [-0.1, -0.05) is 13.8 Å².